The summed E-state index contributed by atoms with van der Waals surface area (Å²) < 4.78 is 0. The van der Waals surface area contributed by atoms with Crippen molar-refractivity contribution in [3.63, 3.8) is 0 Å². The molecule has 0 aliphatic heterocycles. The summed E-state index contributed by atoms with van der Waals surface area (Å²) >= 11 is 0. The minimum absolute atomic E-state index is 0.297. The van der Waals surface area contributed by atoms with Gasteiger partial charge in [-0.15, -0.1) is 0 Å². The Hall–Kier alpha value is -1.71. The van der Waals surface area contributed by atoms with Gasteiger partial charge in [0.2, 0.25) is 0 Å². The second kappa shape index (κ2) is 8.66. The molecule has 1 aliphatic rings. The summed E-state index contributed by atoms with van der Waals surface area (Å²) in [5, 5.41) is 16.2. The van der Waals surface area contributed by atoms with E-state index in [1.54, 1.807) is 12.1 Å². The highest BCUT2D eigenvalue weighted by molar-refractivity contribution is 5.80. The summed E-state index contributed by atoms with van der Waals surface area (Å²) in [5.74, 6) is 2.11. The van der Waals surface area contributed by atoms with Gasteiger partial charge < -0.3 is 15.7 Å². The number of rotatable bonds is 5. The number of nitrogens with zero attached hydrogens (tertiary/aromatic N) is 1. The monoisotopic (exact) mass is 303 g/mol. The van der Waals surface area contributed by atoms with Crippen molar-refractivity contribution in [1.82, 2.24) is 10.6 Å². The minimum atomic E-state index is 0.297. The van der Waals surface area contributed by atoms with Crippen LogP contribution in [-0.4, -0.2) is 23.7 Å². The lowest BCUT2D eigenvalue weighted by atomic mass is 9.84. The third kappa shape index (κ3) is 5.24. The summed E-state index contributed by atoms with van der Waals surface area (Å²) in [6, 6.07) is 7.78. The number of nitrogens with one attached hydrogen (secondary N) is 2. The predicted molar refractivity (Wildman–Crippen MR) is 92.1 cm³/mol. The van der Waals surface area contributed by atoms with Crippen molar-refractivity contribution in [3.05, 3.63) is 29.8 Å². The third-order valence-electron chi connectivity index (χ3n) is 4.47. The molecule has 122 valence electrons. The maximum Gasteiger partial charge on any atom is 0.191 e. The van der Waals surface area contributed by atoms with E-state index in [4.69, 9.17) is 0 Å². The van der Waals surface area contributed by atoms with Crippen LogP contribution in [0.25, 0.3) is 0 Å². The van der Waals surface area contributed by atoms with E-state index in [1.165, 1.54) is 32.1 Å². The molecule has 1 aromatic carbocycles. The number of hydrogen-bond donors (Lipinski definition) is 3. The molecule has 3 N–H and O–H groups in total. The molecule has 0 radical (unpaired) electrons. The van der Waals surface area contributed by atoms with Crippen LogP contribution in [0.1, 0.15) is 51.5 Å². The number of phenols is 1. The van der Waals surface area contributed by atoms with E-state index in [9.17, 15) is 5.11 Å². The molecule has 1 saturated carbocycles. The van der Waals surface area contributed by atoms with E-state index in [0.717, 1.165) is 24.0 Å². The average molecular weight is 303 g/mol. The highest BCUT2D eigenvalue weighted by Crippen LogP contribution is 2.26. The molecule has 1 fully saturated rings. The van der Waals surface area contributed by atoms with Crippen molar-refractivity contribution in [2.75, 3.05) is 6.54 Å². The number of aromatic hydroxyl groups is 1. The van der Waals surface area contributed by atoms with Gasteiger partial charge in [0.25, 0.3) is 0 Å². The van der Waals surface area contributed by atoms with Crippen molar-refractivity contribution in [2.24, 2.45) is 10.9 Å². The van der Waals surface area contributed by atoms with Gasteiger partial charge in [-0.05, 0) is 56.2 Å². The fraction of sp³-hybridized carbons (Fsp3) is 0.611. The Morgan fingerprint density at radius 2 is 1.82 bits per heavy atom. The van der Waals surface area contributed by atoms with Gasteiger partial charge in [0.1, 0.15) is 5.75 Å². The molecule has 4 heteroatoms. The van der Waals surface area contributed by atoms with Gasteiger partial charge in [-0.25, -0.2) is 4.99 Å². The number of aliphatic imine (C=N–C) groups is 1. The number of guanidine groups is 1. The van der Waals surface area contributed by atoms with Crippen LogP contribution in [0.15, 0.2) is 29.3 Å². The zero-order valence-corrected chi connectivity index (χ0v) is 13.8. The molecule has 1 aromatic rings. The van der Waals surface area contributed by atoms with Crippen LogP contribution in [0.4, 0.5) is 0 Å². The molecular weight excluding hydrogens is 274 g/mol. The SMILES string of the molecule is CCNC(=NCc1ccc(O)cc1)NC1CCC(CC)CC1. The molecule has 0 saturated heterocycles. The van der Waals surface area contributed by atoms with Gasteiger partial charge in [0.05, 0.1) is 6.54 Å². The Bertz CT molecular complexity index is 462. The molecular formula is C18H29N3O. The first-order valence-corrected chi connectivity index (χ1v) is 8.54. The van der Waals surface area contributed by atoms with Crippen LogP contribution in [0.2, 0.25) is 0 Å². The van der Waals surface area contributed by atoms with Crippen molar-refractivity contribution in [3.8, 4) is 5.75 Å². The van der Waals surface area contributed by atoms with Crippen LogP contribution >= 0.6 is 0 Å². The number of benzene rings is 1. The fourth-order valence-corrected chi connectivity index (χ4v) is 3.00. The molecule has 4 nitrogen and oxygen atoms in total. The van der Waals surface area contributed by atoms with Crippen LogP contribution in [0.5, 0.6) is 5.75 Å². The van der Waals surface area contributed by atoms with Crippen molar-refractivity contribution >= 4 is 5.96 Å². The molecule has 22 heavy (non-hydrogen) atoms. The maximum absolute atomic E-state index is 9.32. The Balaban J connectivity index is 1.88. The van der Waals surface area contributed by atoms with E-state index in [1.807, 2.05) is 12.1 Å². The quantitative estimate of drug-likeness (QED) is 0.577. The molecule has 0 aromatic heterocycles. The van der Waals surface area contributed by atoms with Gasteiger partial charge in [-0.2, -0.15) is 0 Å². The summed E-state index contributed by atoms with van der Waals surface area (Å²) in [7, 11) is 0. The topological polar surface area (TPSA) is 56.7 Å². The normalized spacial score (nSPS) is 22.4. The second-order valence-corrected chi connectivity index (χ2v) is 6.13. The van der Waals surface area contributed by atoms with Crippen molar-refractivity contribution in [1.29, 1.82) is 0 Å². The molecule has 0 bridgehead atoms. The first kappa shape index (κ1) is 16.7. The zero-order valence-electron chi connectivity index (χ0n) is 13.8. The second-order valence-electron chi connectivity index (χ2n) is 6.13. The fourth-order valence-electron chi connectivity index (χ4n) is 3.00. The van der Waals surface area contributed by atoms with E-state index in [0.29, 0.717) is 18.3 Å². The Morgan fingerprint density at radius 3 is 2.41 bits per heavy atom. The standard InChI is InChI=1S/C18H29N3O/c1-3-14-5-9-16(10-6-14)21-18(19-4-2)20-13-15-7-11-17(22)12-8-15/h7-8,11-12,14,16,22H,3-6,9-10,13H2,1-2H3,(H2,19,20,21). The molecule has 0 atom stereocenters. The van der Waals surface area contributed by atoms with Crippen molar-refractivity contribution in [2.45, 2.75) is 58.5 Å². The highest BCUT2D eigenvalue weighted by atomic mass is 16.3. The largest absolute Gasteiger partial charge is 0.508 e. The van der Waals surface area contributed by atoms with Gasteiger partial charge >= 0.3 is 0 Å². The van der Waals surface area contributed by atoms with Gasteiger partial charge in [-0.1, -0.05) is 25.5 Å². The minimum Gasteiger partial charge on any atom is -0.508 e. The third-order valence-corrected chi connectivity index (χ3v) is 4.47. The van der Waals surface area contributed by atoms with E-state index < -0.39 is 0 Å². The summed E-state index contributed by atoms with van der Waals surface area (Å²) in [6.07, 6.45) is 6.43. The number of phenolic OH excluding ortho intramolecular Hbond substituents is 1. The van der Waals surface area contributed by atoms with Crippen LogP contribution in [0, 0.1) is 5.92 Å². The summed E-state index contributed by atoms with van der Waals surface area (Å²) in [5.41, 5.74) is 1.10. The lowest BCUT2D eigenvalue weighted by Crippen LogP contribution is -2.44. The molecule has 0 spiro atoms. The lowest BCUT2D eigenvalue weighted by molar-refractivity contribution is 0.304. The van der Waals surface area contributed by atoms with Crippen LogP contribution in [0.3, 0.4) is 0 Å². The molecule has 2 rings (SSSR count). The maximum atomic E-state index is 9.32. The summed E-state index contributed by atoms with van der Waals surface area (Å²) in [6.45, 7) is 5.87. The Kier molecular flexibility index (Phi) is 6.56. The van der Waals surface area contributed by atoms with Gasteiger partial charge in [0, 0.05) is 12.6 Å². The van der Waals surface area contributed by atoms with E-state index in [-0.39, 0.29) is 0 Å². The average Bonchev–Trinajstić information content (AvgIpc) is 2.55. The lowest BCUT2D eigenvalue weighted by Gasteiger charge is -2.29. The predicted octanol–water partition coefficient (Wildman–Crippen LogP) is 3.42. The highest BCUT2D eigenvalue weighted by Gasteiger charge is 2.20. The van der Waals surface area contributed by atoms with Crippen molar-refractivity contribution < 1.29 is 5.11 Å². The zero-order chi connectivity index (χ0) is 15.8. The Labute approximate surface area is 134 Å². The first-order valence-electron chi connectivity index (χ1n) is 8.54. The van der Waals surface area contributed by atoms with Crippen LogP contribution in [-0.2, 0) is 6.54 Å². The smallest absolute Gasteiger partial charge is 0.191 e. The molecule has 0 amide bonds. The van der Waals surface area contributed by atoms with E-state index in [2.05, 4.69) is 29.5 Å². The first-order chi connectivity index (χ1) is 10.7. The van der Waals surface area contributed by atoms with E-state index >= 15 is 0 Å². The van der Waals surface area contributed by atoms with Gasteiger partial charge in [0.15, 0.2) is 5.96 Å². The number of hydrogen-bond acceptors (Lipinski definition) is 2. The van der Waals surface area contributed by atoms with Crippen LogP contribution < -0.4 is 10.6 Å². The van der Waals surface area contributed by atoms with Gasteiger partial charge in [-0.3, -0.25) is 0 Å². The molecule has 0 heterocycles. The molecule has 1 aliphatic carbocycles. The molecule has 0 unspecified atom stereocenters. The Morgan fingerprint density at radius 1 is 1.14 bits per heavy atom. The summed E-state index contributed by atoms with van der Waals surface area (Å²) in [4.78, 5) is 4.66.